The summed E-state index contributed by atoms with van der Waals surface area (Å²) in [4.78, 5) is 50.5. The van der Waals surface area contributed by atoms with Gasteiger partial charge in [0.1, 0.15) is 11.5 Å². The van der Waals surface area contributed by atoms with Gasteiger partial charge in [-0.15, -0.1) is 0 Å². The number of hydrogen-bond donors (Lipinski definition) is 6. The smallest absolute Gasteiger partial charge is 0.273 e. The molecule has 0 saturated heterocycles. The first-order chi connectivity index (χ1) is 24.1. The molecule has 2 unspecified atom stereocenters. The second-order valence-electron chi connectivity index (χ2n) is 13.7. The molecule has 0 bridgehead atoms. The number of rotatable bonds is 23. The van der Waals surface area contributed by atoms with Crippen LogP contribution in [-0.4, -0.2) is 33.8 Å². The highest BCUT2D eigenvalue weighted by Crippen LogP contribution is 2.22. The van der Waals surface area contributed by atoms with E-state index in [-0.39, 0.29) is 46.3 Å². The van der Waals surface area contributed by atoms with Crippen molar-refractivity contribution in [1.29, 1.82) is 0 Å². The average Bonchev–Trinajstić information content (AvgIpc) is 3.11. The topological polar surface area (TPSA) is 157 Å². The van der Waals surface area contributed by atoms with Crippen molar-refractivity contribution in [3.63, 3.8) is 0 Å². The van der Waals surface area contributed by atoms with Crippen molar-refractivity contribution in [1.82, 2.24) is 21.7 Å². The number of phenols is 2. The van der Waals surface area contributed by atoms with E-state index in [4.69, 9.17) is 0 Å². The molecule has 0 radical (unpaired) electrons. The highest BCUT2D eigenvalue weighted by Gasteiger charge is 2.18. The third-order valence-electron chi connectivity index (χ3n) is 9.27. The molecule has 0 spiro atoms. The van der Waals surface area contributed by atoms with Crippen molar-refractivity contribution in [2.45, 2.75) is 143 Å². The molecule has 0 heterocycles. The van der Waals surface area contributed by atoms with Gasteiger partial charge >= 0.3 is 0 Å². The number of phenolic OH excluding ortho intramolecular Hbond substituents is 2. The van der Waals surface area contributed by atoms with Gasteiger partial charge < -0.3 is 10.2 Å². The van der Waals surface area contributed by atoms with Gasteiger partial charge in [-0.25, -0.2) is 0 Å². The van der Waals surface area contributed by atoms with Crippen LogP contribution < -0.4 is 21.7 Å². The molecule has 278 valence electrons. The predicted molar refractivity (Wildman–Crippen MR) is 198 cm³/mol. The number of benzene rings is 2. The lowest BCUT2D eigenvalue weighted by atomic mass is 9.99. The quantitative estimate of drug-likeness (QED) is 0.0512. The lowest BCUT2D eigenvalue weighted by Crippen LogP contribution is -2.44. The van der Waals surface area contributed by atoms with Crippen molar-refractivity contribution in [2.75, 3.05) is 0 Å². The average molecular weight is 695 g/mol. The van der Waals surface area contributed by atoms with E-state index in [9.17, 15) is 29.4 Å². The van der Waals surface area contributed by atoms with Crippen LogP contribution in [0.4, 0.5) is 0 Å². The normalized spacial score (nSPS) is 12.2. The van der Waals surface area contributed by atoms with Gasteiger partial charge in [0, 0.05) is 11.8 Å². The summed E-state index contributed by atoms with van der Waals surface area (Å²) < 4.78 is 0. The molecule has 0 aliphatic heterocycles. The Labute approximate surface area is 299 Å². The standard InChI is InChI=1S/C40H62N4O6/c1-5-7-9-11-17-21-31-23-25-35(45)33(27-31)39(49)43-41-37(47)29(3)19-15-13-14-16-20-30(4)38(48)42-44-40(50)34-28-32(24-26-36(34)46)22-18-12-10-8-6-2/h23-30,45-46H,5-22H2,1-4H3,(H,41,47)(H,42,48)(H,43,49)(H,44,50). The van der Waals surface area contributed by atoms with E-state index >= 15 is 0 Å². The molecule has 6 N–H and O–H groups in total. The van der Waals surface area contributed by atoms with Crippen LogP contribution in [0.3, 0.4) is 0 Å². The number of unbranched alkanes of at least 4 members (excludes halogenated alkanes) is 11. The lowest BCUT2D eigenvalue weighted by molar-refractivity contribution is -0.126. The fourth-order valence-corrected chi connectivity index (χ4v) is 5.84. The molecule has 10 heteroatoms. The highest BCUT2D eigenvalue weighted by atomic mass is 16.3. The third-order valence-corrected chi connectivity index (χ3v) is 9.27. The van der Waals surface area contributed by atoms with Gasteiger partial charge in [0.2, 0.25) is 11.8 Å². The highest BCUT2D eigenvalue weighted by molar-refractivity contribution is 5.98. The van der Waals surface area contributed by atoms with E-state index in [1.165, 1.54) is 50.7 Å². The molecular weight excluding hydrogens is 632 g/mol. The van der Waals surface area contributed by atoms with Crippen molar-refractivity contribution >= 4 is 23.6 Å². The summed E-state index contributed by atoms with van der Waals surface area (Å²) in [6, 6.07) is 10.1. The number of aromatic hydroxyl groups is 2. The zero-order valence-corrected chi connectivity index (χ0v) is 30.9. The summed E-state index contributed by atoms with van der Waals surface area (Å²) >= 11 is 0. The Morgan fingerprint density at radius 3 is 1.26 bits per heavy atom. The summed E-state index contributed by atoms with van der Waals surface area (Å²) in [5, 5.41) is 20.4. The third kappa shape index (κ3) is 16.1. The van der Waals surface area contributed by atoms with Crippen molar-refractivity contribution in [3.8, 4) is 11.5 Å². The maximum Gasteiger partial charge on any atom is 0.273 e. The molecule has 4 amide bonds. The number of nitrogens with one attached hydrogen (secondary N) is 4. The van der Waals surface area contributed by atoms with Crippen molar-refractivity contribution in [2.24, 2.45) is 11.8 Å². The number of hydrazine groups is 2. The van der Waals surface area contributed by atoms with Gasteiger partial charge in [0.05, 0.1) is 11.1 Å². The Morgan fingerprint density at radius 1 is 0.520 bits per heavy atom. The van der Waals surface area contributed by atoms with E-state index in [1.54, 1.807) is 12.1 Å². The van der Waals surface area contributed by atoms with Crippen LogP contribution in [-0.2, 0) is 22.4 Å². The Kier molecular flexibility index (Phi) is 20.3. The van der Waals surface area contributed by atoms with E-state index in [1.807, 2.05) is 26.0 Å². The molecule has 0 aromatic heterocycles. The maximum atomic E-state index is 12.7. The summed E-state index contributed by atoms with van der Waals surface area (Å²) in [6.07, 6.45) is 17.9. The maximum absolute atomic E-state index is 12.7. The molecule has 0 aliphatic rings. The molecule has 10 nitrogen and oxygen atoms in total. The monoisotopic (exact) mass is 694 g/mol. The number of amides is 4. The largest absolute Gasteiger partial charge is 0.507 e. The van der Waals surface area contributed by atoms with Crippen LogP contribution >= 0.6 is 0 Å². The van der Waals surface area contributed by atoms with Gasteiger partial charge in [0.25, 0.3) is 11.8 Å². The van der Waals surface area contributed by atoms with Crippen LogP contribution in [0.15, 0.2) is 36.4 Å². The lowest BCUT2D eigenvalue weighted by Gasteiger charge is -2.15. The molecule has 2 aromatic rings. The van der Waals surface area contributed by atoms with Gasteiger partial charge in [-0.1, -0.05) is 117 Å². The van der Waals surface area contributed by atoms with Gasteiger partial charge in [-0.05, 0) is 73.9 Å². The van der Waals surface area contributed by atoms with Crippen LogP contribution in [0, 0.1) is 11.8 Å². The molecule has 0 aliphatic carbocycles. The molecule has 2 atom stereocenters. The van der Waals surface area contributed by atoms with E-state index in [0.29, 0.717) is 12.8 Å². The van der Waals surface area contributed by atoms with E-state index in [2.05, 4.69) is 35.6 Å². The minimum Gasteiger partial charge on any atom is -0.507 e. The fourth-order valence-electron chi connectivity index (χ4n) is 5.84. The minimum absolute atomic E-state index is 0.124. The molecule has 2 rings (SSSR count). The van der Waals surface area contributed by atoms with Crippen molar-refractivity contribution < 1.29 is 29.4 Å². The number of carbonyl (C=O) groups excluding carboxylic acids is 4. The van der Waals surface area contributed by atoms with Crippen LogP contribution in [0.2, 0.25) is 0 Å². The Balaban J connectivity index is 1.63. The van der Waals surface area contributed by atoms with Gasteiger partial charge in [-0.2, -0.15) is 0 Å². The van der Waals surface area contributed by atoms with E-state index in [0.717, 1.165) is 75.3 Å². The predicted octanol–water partition coefficient (Wildman–Crippen LogP) is 7.96. The van der Waals surface area contributed by atoms with E-state index < -0.39 is 11.8 Å². The van der Waals surface area contributed by atoms with Gasteiger partial charge in [-0.3, -0.25) is 40.9 Å². The summed E-state index contributed by atoms with van der Waals surface area (Å²) in [5.41, 5.74) is 12.1. The zero-order chi connectivity index (χ0) is 36.7. The van der Waals surface area contributed by atoms with Crippen LogP contribution in [0.1, 0.15) is 162 Å². The molecular formula is C40H62N4O6. The summed E-state index contributed by atoms with van der Waals surface area (Å²) in [6.45, 7) is 7.97. The zero-order valence-electron chi connectivity index (χ0n) is 30.9. The fraction of sp³-hybridized carbons (Fsp3) is 0.600. The molecule has 0 saturated carbocycles. The summed E-state index contributed by atoms with van der Waals surface area (Å²) in [7, 11) is 0. The first-order valence-corrected chi connectivity index (χ1v) is 18.9. The SMILES string of the molecule is CCCCCCCc1ccc(O)c(C(=O)NNC(=O)C(C)CCCCCCC(C)C(=O)NNC(=O)c2cc(CCCCCCC)ccc2O)c1. The molecule has 2 aromatic carbocycles. The molecule has 50 heavy (non-hydrogen) atoms. The minimum atomic E-state index is -0.551. The number of hydrogen-bond acceptors (Lipinski definition) is 6. The Hall–Kier alpha value is -4.08. The molecule has 0 fully saturated rings. The number of carbonyl (C=O) groups is 4. The number of aryl methyl sites for hydroxylation is 2. The van der Waals surface area contributed by atoms with Crippen molar-refractivity contribution in [3.05, 3.63) is 58.7 Å². The Morgan fingerprint density at radius 2 is 0.880 bits per heavy atom. The van der Waals surface area contributed by atoms with Gasteiger partial charge in [0.15, 0.2) is 0 Å². The second kappa shape index (κ2) is 24.1. The first kappa shape index (κ1) is 42.1. The summed E-state index contributed by atoms with van der Waals surface area (Å²) in [5.74, 6) is -2.55. The Bertz CT molecular complexity index is 1250. The van der Waals surface area contributed by atoms with Crippen LogP contribution in [0.5, 0.6) is 11.5 Å². The van der Waals surface area contributed by atoms with Crippen LogP contribution in [0.25, 0.3) is 0 Å². The first-order valence-electron chi connectivity index (χ1n) is 18.9. The second-order valence-corrected chi connectivity index (χ2v) is 13.7.